The summed E-state index contributed by atoms with van der Waals surface area (Å²) in [6.45, 7) is 4.67. The molecule has 0 saturated heterocycles. The van der Waals surface area contributed by atoms with E-state index in [1.165, 1.54) is 19.4 Å². The van der Waals surface area contributed by atoms with E-state index in [-0.39, 0.29) is 0 Å². The van der Waals surface area contributed by atoms with Gasteiger partial charge >= 0.3 is 0 Å². The quantitative estimate of drug-likeness (QED) is 0.572. The molecule has 0 bridgehead atoms. The van der Waals surface area contributed by atoms with Gasteiger partial charge in [0, 0.05) is 11.8 Å². The average Bonchev–Trinajstić information content (AvgIpc) is 2.27. The van der Waals surface area contributed by atoms with E-state index in [0.29, 0.717) is 0 Å². The first-order valence-corrected chi connectivity index (χ1v) is 4.82. The van der Waals surface area contributed by atoms with Gasteiger partial charge in [0.05, 0.1) is 0 Å². The Labute approximate surface area is 66.3 Å². The molecular formula is C8H13NS. The average molecular weight is 155 g/mol. The normalized spacial score (nSPS) is 32.7. The van der Waals surface area contributed by atoms with E-state index >= 15 is 0 Å². The van der Waals surface area contributed by atoms with E-state index in [0.717, 1.165) is 11.8 Å². The maximum Gasteiger partial charge on any atom is 0.0176 e. The Morgan fingerprint density at radius 2 is 2.50 bits per heavy atom. The topological polar surface area (TPSA) is 12.0 Å². The Bertz CT molecular complexity index is 156. The molecule has 0 amide bonds. The third-order valence-corrected chi connectivity index (χ3v) is 3.49. The fourth-order valence-corrected chi connectivity index (χ4v) is 2.99. The predicted octanol–water partition coefficient (Wildman–Crippen LogP) is 1.76. The van der Waals surface area contributed by atoms with Gasteiger partial charge in [0.2, 0.25) is 0 Å². The van der Waals surface area contributed by atoms with Gasteiger partial charge in [0.25, 0.3) is 0 Å². The second-order valence-electron chi connectivity index (χ2n) is 3.09. The minimum Gasteiger partial charge on any atom is -0.313 e. The first-order valence-electron chi connectivity index (χ1n) is 3.94. The van der Waals surface area contributed by atoms with Crippen molar-refractivity contribution in [3.05, 3.63) is 10.5 Å². The van der Waals surface area contributed by atoms with Crippen molar-refractivity contribution in [3.8, 4) is 0 Å². The van der Waals surface area contributed by atoms with Gasteiger partial charge in [-0.25, -0.2) is 0 Å². The monoisotopic (exact) mass is 155 g/mol. The van der Waals surface area contributed by atoms with Gasteiger partial charge in [-0.15, -0.1) is 11.8 Å². The van der Waals surface area contributed by atoms with Crippen molar-refractivity contribution in [2.75, 3.05) is 13.1 Å². The summed E-state index contributed by atoms with van der Waals surface area (Å²) in [4.78, 5) is 1.69. The molecule has 0 saturated carbocycles. The van der Waals surface area contributed by atoms with Crippen molar-refractivity contribution in [3.63, 3.8) is 0 Å². The molecule has 2 rings (SSSR count). The van der Waals surface area contributed by atoms with E-state index in [9.17, 15) is 0 Å². The Morgan fingerprint density at radius 3 is 3.30 bits per heavy atom. The number of thioether (sulfide) groups is 1. The Kier molecular flexibility index (Phi) is 1.75. The molecule has 1 unspecified atom stereocenters. The van der Waals surface area contributed by atoms with E-state index in [1.807, 2.05) is 0 Å². The van der Waals surface area contributed by atoms with Gasteiger partial charge in [-0.1, -0.05) is 6.92 Å². The molecule has 0 aromatic rings. The van der Waals surface area contributed by atoms with Gasteiger partial charge in [0.15, 0.2) is 0 Å². The third-order valence-electron chi connectivity index (χ3n) is 2.14. The largest absolute Gasteiger partial charge is 0.313 e. The van der Waals surface area contributed by atoms with Gasteiger partial charge in [-0.3, -0.25) is 0 Å². The highest BCUT2D eigenvalue weighted by molar-refractivity contribution is 8.03. The minimum atomic E-state index is 0.852. The van der Waals surface area contributed by atoms with Crippen LogP contribution in [-0.4, -0.2) is 18.3 Å². The highest BCUT2D eigenvalue weighted by Gasteiger charge is 2.22. The van der Waals surface area contributed by atoms with Crippen molar-refractivity contribution < 1.29 is 0 Å². The summed E-state index contributed by atoms with van der Waals surface area (Å²) >= 11 is 2.09. The van der Waals surface area contributed by atoms with Crippen LogP contribution in [0.15, 0.2) is 10.5 Å². The highest BCUT2D eigenvalue weighted by Crippen LogP contribution is 2.39. The summed E-state index contributed by atoms with van der Waals surface area (Å²) < 4.78 is 0. The van der Waals surface area contributed by atoms with E-state index in [1.54, 1.807) is 10.5 Å². The lowest BCUT2D eigenvalue weighted by molar-refractivity contribution is 0.681. The van der Waals surface area contributed by atoms with Crippen LogP contribution in [0.4, 0.5) is 0 Å². The SMILES string of the molecule is CC1CC2=C(CCNC2)S1. The highest BCUT2D eigenvalue weighted by atomic mass is 32.2. The molecule has 0 aromatic heterocycles. The standard InChI is InChI=1S/C8H13NS/c1-6-4-7-5-9-3-2-8(7)10-6/h6,9H,2-5H2,1H3. The van der Waals surface area contributed by atoms with Gasteiger partial charge in [-0.05, 0) is 29.9 Å². The van der Waals surface area contributed by atoms with Crippen LogP contribution in [0, 0.1) is 0 Å². The molecule has 0 spiro atoms. The van der Waals surface area contributed by atoms with Crippen molar-refractivity contribution in [2.45, 2.75) is 25.0 Å². The molecule has 0 radical (unpaired) electrons. The molecule has 1 atom stereocenters. The maximum absolute atomic E-state index is 3.41. The number of hydrogen-bond donors (Lipinski definition) is 1. The van der Waals surface area contributed by atoms with Crippen LogP contribution in [0.25, 0.3) is 0 Å². The summed E-state index contributed by atoms with van der Waals surface area (Å²) in [5.41, 5.74) is 1.68. The maximum atomic E-state index is 3.41. The first kappa shape index (κ1) is 6.74. The number of rotatable bonds is 0. The number of hydrogen-bond acceptors (Lipinski definition) is 2. The zero-order chi connectivity index (χ0) is 6.97. The molecule has 0 aromatic carbocycles. The molecule has 2 heteroatoms. The van der Waals surface area contributed by atoms with E-state index in [2.05, 4.69) is 24.0 Å². The molecule has 1 nitrogen and oxygen atoms in total. The summed E-state index contributed by atoms with van der Waals surface area (Å²) in [6.07, 6.45) is 2.61. The lowest BCUT2D eigenvalue weighted by Crippen LogP contribution is -2.22. The summed E-state index contributed by atoms with van der Waals surface area (Å²) in [6, 6.07) is 0. The second kappa shape index (κ2) is 2.59. The molecule has 2 aliphatic heterocycles. The fraction of sp³-hybridized carbons (Fsp3) is 0.750. The van der Waals surface area contributed by atoms with Crippen LogP contribution < -0.4 is 5.32 Å². The number of nitrogens with one attached hydrogen (secondary N) is 1. The lowest BCUT2D eigenvalue weighted by Gasteiger charge is -2.13. The zero-order valence-corrected chi connectivity index (χ0v) is 7.13. The molecule has 2 aliphatic rings. The minimum absolute atomic E-state index is 0.852. The molecule has 1 N–H and O–H groups in total. The van der Waals surface area contributed by atoms with Crippen molar-refractivity contribution in [2.24, 2.45) is 0 Å². The molecule has 0 aliphatic carbocycles. The summed E-state index contributed by atoms with van der Waals surface area (Å²) in [5, 5.41) is 4.26. The molecule has 10 heavy (non-hydrogen) atoms. The van der Waals surface area contributed by atoms with Crippen LogP contribution in [-0.2, 0) is 0 Å². The lowest BCUT2D eigenvalue weighted by atomic mass is 10.1. The second-order valence-corrected chi connectivity index (χ2v) is 4.62. The van der Waals surface area contributed by atoms with Gasteiger partial charge < -0.3 is 5.32 Å². The molecule has 0 fully saturated rings. The summed E-state index contributed by atoms with van der Waals surface area (Å²) in [5.74, 6) is 0. The van der Waals surface area contributed by atoms with Crippen LogP contribution in [0.1, 0.15) is 19.8 Å². The van der Waals surface area contributed by atoms with Crippen molar-refractivity contribution in [1.82, 2.24) is 5.32 Å². The van der Waals surface area contributed by atoms with Crippen LogP contribution >= 0.6 is 11.8 Å². The fourth-order valence-electron chi connectivity index (χ4n) is 1.68. The Morgan fingerprint density at radius 1 is 1.60 bits per heavy atom. The Hall–Kier alpha value is 0.0500. The summed E-state index contributed by atoms with van der Waals surface area (Å²) in [7, 11) is 0. The van der Waals surface area contributed by atoms with Crippen LogP contribution in [0.5, 0.6) is 0 Å². The van der Waals surface area contributed by atoms with E-state index in [4.69, 9.17) is 0 Å². The van der Waals surface area contributed by atoms with Crippen LogP contribution in [0.3, 0.4) is 0 Å². The zero-order valence-electron chi connectivity index (χ0n) is 6.31. The molecule has 56 valence electrons. The Balaban J connectivity index is 2.13. The van der Waals surface area contributed by atoms with Gasteiger partial charge in [-0.2, -0.15) is 0 Å². The van der Waals surface area contributed by atoms with Crippen LogP contribution in [0.2, 0.25) is 0 Å². The smallest absolute Gasteiger partial charge is 0.0176 e. The van der Waals surface area contributed by atoms with Crippen molar-refractivity contribution in [1.29, 1.82) is 0 Å². The van der Waals surface area contributed by atoms with Gasteiger partial charge in [0.1, 0.15) is 0 Å². The predicted molar refractivity (Wildman–Crippen MR) is 46.2 cm³/mol. The first-order chi connectivity index (χ1) is 4.86. The molecular weight excluding hydrogens is 142 g/mol. The van der Waals surface area contributed by atoms with E-state index < -0.39 is 0 Å². The third kappa shape index (κ3) is 1.10. The van der Waals surface area contributed by atoms with Crippen molar-refractivity contribution >= 4 is 11.8 Å². The molecule has 2 heterocycles.